The van der Waals surface area contributed by atoms with Crippen molar-refractivity contribution < 1.29 is 19.7 Å². The molecule has 0 spiro atoms. The van der Waals surface area contributed by atoms with Crippen LogP contribution in [0.15, 0.2) is 43.0 Å². The van der Waals surface area contributed by atoms with E-state index in [9.17, 15) is 15.0 Å². The highest BCUT2D eigenvalue weighted by Gasteiger charge is 2.46. The van der Waals surface area contributed by atoms with Gasteiger partial charge in [0.25, 0.3) is 0 Å². The van der Waals surface area contributed by atoms with Gasteiger partial charge in [0, 0.05) is 14.1 Å². The van der Waals surface area contributed by atoms with Crippen molar-refractivity contribution >= 4 is 22.9 Å². The summed E-state index contributed by atoms with van der Waals surface area (Å²) in [6, 6.07) is 7.75. The van der Waals surface area contributed by atoms with Gasteiger partial charge >= 0.3 is 0 Å². The van der Waals surface area contributed by atoms with Crippen LogP contribution >= 0.6 is 0 Å². The minimum Gasteiger partial charge on any atom is -0.394 e. The molecule has 1 fully saturated rings. The summed E-state index contributed by atoms with van der Waals surface area (Å²) in [6.45, 7) is -0.392. The number of fused-ring (bicyclic) bond motifs is 1. The minimum atomic E-state index is -1.16. The molecule has 3 heterocycles. The first-order valence-electron chi connectivity index (χ1n) is 10.3. The number of anilines is 1. The van der Waals surface area contributed by atoms with Crippen LogP contribution in [0.5, 0.6) is 0 Å². The predicted octanol–water partition coefficient (Wildman–Crippen LogP) is -0.802. The standard InChI is InChI=1S/C21H27N7O4/c1-27(2)18-16-19(24-10-23-18)28(11-25-16)21-17(30)15(14(9-29)32-21)26-20(31)13(22)8-12-6-4-3-5-7-12/h3-7,10-11,13-15,17,21,29-30H,8-9,22H2,1-2H3,(H,26,31)/t13-,14-,15-,17-,21-/m1/s1. The van der Waals surface area contributed by atoms with E-state index in [0.717, 1.165) is 5.56 Å². The quantitative estimate of drug-likeness (QED) is 0.369. The van der Waals surface area contributed by atoms with Crippen molar-refractivity contribution in [1.82, 2.24) is 24.8 Å². The first-order valence-corrected chi connectivity index (χ1v) is 10.3. The summed E-state index contributed by atoms with van der Waals surface area (Å²) in [5.74, 6) is 0.185. The van der Waals surface area contributed by atoms with Crippen molar-refractivity contribution in [2.75, 3.05) is 25.6 Å². The zero-order valence-electron chi connectivity index (χ0n) is 17.9. The van der Waals surface area contributed by atoms with E-state index in [4.69, 9.17) is 10.5 Å². The van der Waals surface area contributed by atoms with Gasteiger partial charge in [0.15, 0.2) is 23.2 Å². The van der Waals surface area contributed by atoms with Gasteiger partial charge in [0.2, 0.25) is 5.91 Å². The molecule has 0 unspecified atom stereocenters. The maximum atomic E-state index is 12.7. The number of ether oxygens (including phenoxy) is 1. The number of aliphatic hydroxyl groups excluding tert-OH is 2. The fourth-order valence-corrected chi connectivity index (χ4v) is 3.89. The molecular weight excluding hydrogens is 414 g/mol. The fraction of sp³-hybridized carbons (Fsp3) is 0.429. The number of hydrogen-bond donors (Lipinski definition) is 4. The molecule has 4 rings (SSSR count). The molecule has 5 atom stereocenters. The summed E-state index contributed by atoms with van der Waals surface area (Å²) >= 11 is 0. The number of carbonyl (C=O) groups excluding carboxylic acids is 1. The zero-order valence-corrected chi connectivity index (χ0v) is 17.9. The smallest absolute Gasteiger partial charge is 0.237 e. The van der Waals surface area contributed by atoms with E-state index in [0.29, 0.717) is 23.4 Å². The van der Waals surface area contributed by atoms with Gasteiger partial charge in [0.1, 0.15) is 18.5 Å². The molecule has 1 aliphatic heterocycles. The first-order chi connectivity index (χ1) is 15.4. The lowest BCUT2D eigenvalue weighted by molar-refractivity contribution is -0.124. The average molecular weight is 441 g/mol. The third-order valence-electron chi connectivity index (χ3n) is 5.54. The Morgan fingerprint density at radius 1 is 1.28 bits per heavy atom. The number of aromatic nitrogens is 4. The van der Waals surface area contributed by atoms with E-state index in [1.54, 1.807) is 9.47 Å². The van der Waals surface area contributed by atoms with Crippen molar-refractivity contribution in [3.8, 4) is 0 Å². The molecule has 2 aromatic heterocycles. The van der Waals surface area contributed by atoms with Crippen molar-refractivity contribution in [3.63, 3.8) is 0 Å². The number of hydrogen-bond acceptors (Lipinski definition) is 9. The number of carbonyl (C=O) groups is 1. The number of nitrogens with two attached hydrogens (primary N) is 1. The Labute approximate surface area is 184 Å². The van der Waals surface area contributed by atoms with Crippen molar-refractivity contribution in [2.24, 2.45) is 5.73 Å². The molecule has 0 saturated carbocycles. The van der Waals surface area contributed by atoms with Crippen molar-refractivity contribution in [1.29, 1.82) is 0 Å². The molecular formula is C21H27N7O4. The Balaban J connectivity index is 1.53. The van der Waals surface area contributed by atoms with Crippen LogP contribution in [0, 0.1) is 0 Å². The van der Waals surface area contributed by atoms with Gasteiger partial charge in [-0.05, 0) is 12.0 Å². The number of benzene rings is 1. The van der Waals surface area contributed by atoms with E-state index in [1.807, 2.05) is 44.4 Å². The van der Waals surface area contributed by atoms with Crippen LogP contribution in [-0.2, 0) is 16.0 Å². The van der Waals surface area contributed by atoms with Crippen LogP contribution < -0.4 is 16.0 Å². The second-order valence-corrected chi connectivity index (χ2v) is 7.98. The van der Waals surface area contributed by atoms with E-state index >= 15 is 0 Å². The average Bonchev–Trinajstić information content (AvgIpc) is 3.35. The van der Waals surface area contributed by atoms with Gasteiger partial charge in [-0.25, -0.2) is 15.0 Å². The molecule has 0 radical (unpaired) electrons. The van der Waals surface area contributed by atoms with Gasteiger partial charge in [0.05, 0.1) is 25.0 Å². The Hall–Kier alpha value is -3.12. The van der Waals surface area contributed by atoms with Crippen LogP contribution in [0.1, 0.15) is 11.8 Å². The molecule has 11 heteroatoms. The lowest BCUT2D eigenvalue weighted by atomic mass is 10.0. The summed E-state index contributed by atoms with van der Waals surface area (Å²) in [6.07, 6.45) is 0.367. The minimum absolute atomic E-state index is 0.347. The molecule has 1 aromatic carbocycles. The lowest BCUT2D eigenvalue weighted by Crippen LogP contribution is -2.53. The molecule has 32 heavy (non-hydrogen) atoms. The van der Waals surface area contributed by atoms with E-state index in [1.165, 1.54) is 12.7 Å². The molecule has 170 valence electrons. The van der Waals surface area contributed by atoms with Gasteiger partial charge in [-0.2, -0.15) is 0 Å². The monoisotopic (exact) mass is 441 g/mol. The van der Waals surface area contributed by atoms with Crippen LogP contribution in [0.4, 0.5) is 5.82 Å². The predicted molar refractivity (Wildman–Crippen MR) is 117 cm³/mol. The summed E-state index contributed by atoms with van der Waals surface area (Å²) < 4.78 is 7.46. The molecule has 0 bridgehead atoms. The zero-order chi connectivity index (χ0) is 22.8. The fourth-order valence-electron chi connectivity index (χ4n) is 3.89. The number of imidazole rings is 1. The number of amides is 1. The molecule has 3 aromatic rings. The maximum absolute atomic E-state index is 12.7. The molecule has 11 nitrogen and oxygen atoms in total. The van der Waals surface area contributed by atoms with Crippen molar-refractivity contribution in [2.45, 2.75) is 36.9 Å². The lowest BCUT2D eigenvalue weighted by Gasteiger charge is -2.23. The maximum Gasteiger partial charge on any atom is 0.237 e. The molecule has 1 saturated heterocycles. The summed E-state index contributed by atoms with van der Waals surface area (Å²) in [5.41, 5.74) is 8.02. The molecule has 0 aliphatic carbocycles. The molecule has 5 N–H and O–H groups in total. The Bertz CT molecular complexity index is 1070. The topological polar surface area (TPSA) is 152 Å². The largest absolute Gasteiger partial charge is 0.394 e. The Morgan fingerprint density at radius 3 is 2.72 bits per heavy atom. The highest BCUT2D eigenvalue weighted by Crippen LogP contribution is 2.32. The van der Waals surface area contributed by atoms with Crippen LogP contribution in [-0.4, -0.2) is 80.6 Å². The third kappa shape index (κ3) is 4.15. The summed E-state index contributed by atoms with van der Waals surface area (Å²) in [7, 11) is 3.68. The van der Waals surface area contributed by atoms with Gasteiger partial charge in [-0.15, -0.1) is 0 Å². The van der Waals surface area contributed by atoms with E-state index < -0.39 is 43.0 Å². The van der Waals surface area contributed by atoms with Crippen LogP contribution in [0.3, 0.4) is 0 Å². The third-order valence-corrected chi connectivity index (χ3v) is 5.54. The second-order valence-electron chi connectivity index (χ2n) is 7.98. The summed E-state index contributed by atoms with van der Waals surface area (Å²) in [4.78, 5) is 27.4. The Morgan fingerprint density at radius 2 is 2.03 bits per heavy atom. The van der Waals surface area contributed by atoms with Gasteiger partial charge in [-0.3, -0.25) is 9.36 Å². The SMILES string of the molecule is CN(C)c1ncnc2c1ncn2[C@@H]1O[C@H](CO)[C@@H](NC(=O)[C@H](N)Cc2ccccc2)[C@H]1O. The summed E-state index contributed by atoms with van der Waals surface area (Å²) in [5, 5.41) is 23.5. The van der Waals surface area contributed by atoms with E-state index in [2.05, 4.69) is 20.3 Å². The number of aliphatic hydroxyl groups is 2. The number of nitrogens with one attached hydrogen (secondary N) is 1. The van der Waals surface area contributed by atoms with Gasteiger partial charge < -0.3 is 30.9 Å². The molecule has 1 amide bonds. The second kappa shape index (κ2) is 9.17. The van der Waals surface area contributed by atoms with Crippen LogP contribution in [0.25, 0.3) is 11.2 Å². The number of nitrogens with zero attached hydrogens (tertiary/aromatic N) is 5. The Kier molecular flexibility index (Phi) is 6.33. The van der Waals surface area contributed by atoms with Gasteiger partial charge in [-0.1, -0.05) is 30.3 Å². The highest BCUT2D eigenvalue weighted by molar-refractivity contribution is 5.83. The van der Waals surface area contributed by atoms with Crippen molar-refractivity contribution in [3.05, 3.63) is 48.5 Å². The normalized spacial score (nSPS) is 23.9. The highest BCUT2D eigenvalue weighted by atomic mass is 16.5. The number of rotatable bonds is 7. The van der Waals surface area contributed by atoms with Crippen LogP contribution in [0.2, 0.25) is 0 Å². The van der Waals surface area contributed by atoms with E-state index in [-0.39, 0.29) is 0 Å². The molecule has 1 aliphatic rings. The first kappa shape index (κ1) is 22.1.